The van der Waals surface area contributed by atoms with Crippen molar-refractivity contribution >= 4 is 15.7 Å². The largest absolute Gasteiger partial charge is 0.492 e. The topological polar surface area (TPSA) is 81.4 Å². The Morgan fingerprint density at radius 1 is 1.14 bits per heavy atom. The van der Waals surface area contributed by atoms with Gasteiger partial charge >= 0.3 is 0 Å². The maximum Gasteiger partial charge on any atom is 0.240 e. The summed E-state index contributed by atoms with van der Waals surface area (Å²) >= 11 is 0. The van der Waals surface area contributed by atoms with E-state index in [0.29, 0.717) is 5.75 Å². The number of anilines is 1. The van der Waals surface area contributed by atoms with Crippen molar-refractivity contribution < 1.29 is 17.5 Å². The van der Waals surface area contributed by atoms with Crippen LogP contribution in [0.2, 0.25) is 0 Å². The van der Waals surface area contributed by atoms with Crippen LogP contribution in [-0.4, -0.2) is 21.6 Å². The Labute approximate surface area is 122 Å². The Hall–Kier alpha value is -2.12. The van der Waals surface area contributed by atoms with E-state index in [4.69, 9.17) is 10.5 Å². The summed E-state index contributed by atoms with van der Waals surface area (Å²) in [6.07, 6.45) is 0. The van der Waals surface area contributed by atoms with Crippen molar-refractivity contribution in [2.75, 3.05) is 18.9 Å². The number of sulfonamides is 1. The molecule has 0 saturated carbocycles. The predicted molar refractivity (Wildman–Crippen MR) is 77.9 cm³/mol. The van der Waals surface area contributed by atoms with Gasteiger partial charge in [-0.05, 0) is 30.3 Å². The zero-order valence-electron chi connectivity index (χ0n) is 11.1. The molecule has 0 atom stereocenters. The van der Waals surface area contributed by atoms with Crippen molar-refractivity contribution in [3.8, 4) is 5.75 Å². The molecule has 3 N–H and O–H groups in total. The summed E-state index contributed by atoms with van der Waals surface area (Å²) in [6.45, 7) is 0.272. The second kappa shape index (κ2) is 6.55. The molecule has 2 rings (SSSR count). The van der Waals surface area contributed by atoms with Gasteiger partial charge in [-0.25, -0.2) is 17.5 Å². The van der Waals surface area contributed by atoms with Crippen LogP contribution in [0.15, 0.2) is 53.4 Å². The van der Waals surface area contributed by atoms with Crippen molar-refractivity contribution in [2.24, 2.45) is 0 Å². The quantitative estimate of drug-likeness (QED) is 0.629. The molecular weight excluding hydrogens is 295 g/mol. The number of hydrogen-bond acceptors (Lipinski definition) is 4. The summed E-state index contributed by atoms with van der Waals surface area (Å²) in [7, 11) is -3.73. The van der Waals surface area contributed by atoms with Crippen LogP contribution in [0.3, 0.4) is 0 Å². The molecule has 0 amide bonds. The van der Waals surface area contributed by atoms with Gasteiger partial charge in [-0.15, -0.1) is 0 Å². The number of ether oxygens (including phenoxy) is 1. The molecular formula is C14H15FN2O3S. The summed E-state index contributed by atoms with van der Waals surface area (Å²) in [5.74, 6) is 0.00378. The Bertz CT molecular complexity index is 705. The van der Waals surface area contributed by atoms with Crippen molar-refractivity contribution in [1.29, 1.82) is 0 Å². The van der Waals surface area contributed by atoms with Crippen LogP contribution < -0.4 is 15.2 Å². The lowest BCUT2D eigenvalue weighted by molar-refractivity contribution is 0.323. The van der Waals surface area contributed by atoms with Gasteiger partial charge in [0.1, 0.15) is 18.2 Å². The van der Waals surface area contributed by atoms with Gasteiger partial charge in [0, 0.05) is 6.54 Å². The molecule has 0 spiro atoms. The lowest BCUT2D eigenvalue weighted by atomic mass is 10.3. The molecule has 21 heavy (non-hydrogen) atoms. The first-order valence-corrected chi connectivity index (χ1v) is 7.70. The van der Waals surface area contributed by atoms with E-state index in [1.807, 2.05) is 18.2 Å². The fraction of sp³-hybridized carbons (Fsp3) is 0.143. The predicted octanol–water partition coefficient (Wildman–Crippen LogP) is 1.77. The second-order valence-corrected chi connectivity index (χ2v) is 6.01. The Morgan fingerprint density at radius 3 is 2.52 bits per heavy atom. The molecule has 0 radical (unpaired) electrons. The number of benzene rings is 2. The summed E-state index contributed by atoms with van der Waals surface area (Å²) in [6, 6.07) is 12.3. The monoisotopic (exact) mass is 310 g/mol. The van der Waals surface area contributed by atoms with Crippen LogP contribution in [0, 0.1) is 5.82 Å². The van der Waals surface area contributed by atoms with E-state index < -0.39 is 15.8 Å². The highest BCUT2D eigenvalue weighted by molar-refractivity contribution is 7.89. The van der Waals surface area contributed by atoms with E-state index in [1.54, 1.807) is 12.1 Å². The molecule has 0 unspecified atom stereocenters. The third-order valence-corrected chi connectivity index (χ3v) is 4.14. The average Bonchev–Trinajstić information content (AvgIpc) is 2.47. The fourth-order valence-corrected chi connectivity index (χ4v) is 2.68. The van der Waals surface area contributed by atoms with Crippen LogP contribution in [0.4, 0.5) is 10.1 Å². The van der Waals surface area contributed by atoms with Gasteiger partial charge in [0.2, 0.25) is 10.0 Å². The first-order valence-electron chi connectivity index (χ1n) is 6.21. The molecule has 5 nitrogen and oxygen atoms in total. The van der Waals surface area contributed by atoms with Crippen LogP contribution in [-0.2, 0) is 10.0 Å². The second-order valence-electron chi connectivity index (χ2n) is 4.24. The highest BCUT2D eigenvalue weighted by Crippen LogP contribution is 2.16. The smallest absolute Gasteiger partial charge is 0.240 e. The van der Waals surface area contributed by atoms with E-state index in [1.165, 1.54) is 0 Å². The van der Waals surface area contributed by atoms with Gasteiger partial charge in [-0.2, -0.15) is 0 Å². The number of rotatable bonds is 6. The van der Waals surface area contributed by atoms with E-state index in [0.717, 1.165) is 18.2 Å². The Balaban J connectivity index is 1.91. The number of halogens is 1. The van der Waals surface area contributed by atoms with Gasteiger partial charge in [0.25, 0.3) is 0 Å². The number of nitrogens with one attached hydrogen (secondary N) is 1. The van der Waals surface area contributed by atoms with Gasteiger partial charge in [0.15, 0.2) is 0 Å². The van der Waals surface area contributed by atoms with E-state index in [2.05, 4.69) is 4.72 Å². The lowest BCUT2D eigenvalue weighted by Gasteiger charge is -2.09. The third-order valence-electron chi connectivity index (χ3n) is 2.68. The minimum absolute atomic E-state index is 0.0823. The number of nitrogens with two attached hydrogens (primary N) is 1. The van der Waals surface area contributed by atoms with E-state index >= 15 is 0 Å². The molecule has 0 aliphatic rings. The molecule has 112 valence electrons. The number of nitrogen functional groups attached to an aromatic ring is 1. The van der Waals surface area contributed by atoms with Gasteiger partial charge in [-0.3, -0.25) is 0 Å². The molecule has 2 aromatic rings. The van der Waals surface area contributed by atoms with E-state index in [9.17, 15) is 12.8 Å². The molecule has 0 fully saturated rings. The first-order chi connectivity index (χ1) is 9.99. The molecule has 0 aliphatic carbocycles. The minimum atomic E-state index is -3.73. The third kappa shape index (κ3) is 4.17. The zero-order chi connectivity index (χ0) is 15.3. The van der Waals surface area contributed by atoms with Crippen LogP contribution in [0.1, 0.15) is 0 Å². The summed E-state index contributed by atoms with van der Waals surface area (Å²) in [5.41, 5.74) is 5.15. The van der Waals surface area contributed by atoms with Gasteiger partial charge in [0.05, 0.1) is 10.6 Å². The highest BCUT2D eigenvalue weighted by Gasteiger charge is 2.14. The van der Waals surface area contributed by atoms with Crippen molar-refractivity contribution in [2.45, 2.75) is 4.90 Å². The number of hydrogen-bond donors (Lipinski definition) is 2. The molecule has 2 aromatic carbocycles. The van der Waals surface area contributed by atoms with Gasteiger partial charge in [-0.1, -0.05) is 18.2 Å². The maximum atomic E-state index is 13.0. The van der Waals surface area contributed by atoms with Crippen LogP contribution in [0.25, 0.3) is 0 Å². The normalized spacial score (nSPS) is 11.3. The Morgan fingerprint density at radius 2 is 1.86 bits per heavy atom. The first kappa shape index (κ1) is 15.3. The lowest BCUT2D eigenvalue weighted by Crippen LogP contribution is -2.28. The van der Waals surface area contributed by atoms with Gasteiger partial charge < -0.3 is 10.5 Å². The summed E-state index contributed by atoms with van der Waals surface area (Å²) in [5, 5.41) is 0. The fourth-order valence-electron chi connectivity index (χ4n) is 1.63. The van der Waals surface area contributed by atoms with Crippen LogP contribution >= 0.6 is 0 Å². The number of para-hydroxylation sites is 1. The average molecular weight is 310 g/mol. The molecule has 0 heterocycles. The molecule has 0 bridgehead atoms. The maximum absolute atomic E-state index is 13.0. The minimum Gasteiger partial charge on any atom is -0.492 e. The van der Waals surface area contributed by atoms with Crippen molar-refractivity contribution in [1.82, 2.24) is 4.72 Å². The summed E-state index contributed by atoms with van der Waals surface area (Å²) < 4.78 is 44.7. The van der Waals surface area contributed by atoms with E-state index in [-0.39, 0.29) is 23.7 Å². The zero-order valence-corrected chi connectivity index (χ0v) is 11.9. The molecule has 7 heteroatoms. The summed E-state index contributed by atoms with van der Waals surface area (Å²) in [4.78, 5) is -0.0823. The highest BCUT2D eigenvalue weighted by atomic mass is 32.2. The molecule has 0 aromatic heterocycles. The molecule has 0 saturated heterocycles. The molecule has 0 aliphatic heterocycles. The standard InChI is InChI=1S/C14H15FN2O3S/c15-13-7-6-12(10-14(13)16)21(18,19)17-8-9-20-11-4-2-1-3-5-11/h1-7,10,17H,8-9,16H2. The van der Waals surface area contributed by atoms with Crippen molar-refractivity contribution in [3.05, 3.63) is 54.3 Å². The SMILES string of the molecule is Nc1cc(S(=O)(=O)NCCOc2ccccc2)ccc1F. The Kier molecular flexibility index (Phi) is 4.77. The van der Waals surface area contributed by atoms with Crippen molar-refractivity contribution in [3.63, 3.8) is 0 Å². The van der Waals surface area contributed by atoms with Crippen LogP contribution in [0.5, 0.6) is 5.75 Å².